The fraction of sp³-hybridized carbons (Fsp3) is 0.0566. The quantitative estimate of drug-likeness (QED) is 0.129. The average Bonchev–Trinajstić information content (AvgIpc) is 3.43. The number of benzene rings is 10. The Bertz CT molecular complexity index is 3080. The lowest BCUT2D eigenvalue weighted by molar-refractivity contribution is 0.661. The zero-order valence-corrected chi connectivity index (χ0v) is 29.8. The molecular weight excluding hydrogens is 637 g/mol. The Hall–Kier alpha value is -6.50. The van der Waals surface area contributed by atoms with E-state index >= 15 is 0 Å². The Morgan fingerprint density at radius 3 is 1.42 bits per heavy atom. The third-order valence-corrected chi connectivity index (χ3v) is 12.0. The van der Waals surface area contributed by atoms with E-state index in [4.69, 9.17) is 0 Å². The number of hydrogen-bond acceptors (Lipinski definition) is 0. The summed E-state index contributed by atoms with van der Waals surface area (Å²) >= 11 is 0. The zero-order valence-electron chi connectivity index (χ0n) is 29.8. The highest BCUT2D eigenvalue weighted by Crippen LogP contribution is 2.52. The predicted octanol–water partition coefficient (Wildman–Crippen LogP) is 14.8. The summed E-state index contributed by atoms with van der Waals surface area (Å²) in [5, 5.41) is 12.8. The molecule has 0 N–H and O–H groups in total. The van der Waals surface area contributed by atoms with E-state index in [-0.39, 0.29) is 5.41 Å². The molecule has 0 bridgehead atoms. The fourth-order valence-corrected chi connectivity index (χ4v) is 9.48. The molecule has 0 heterocycles. The molecule has 0 amide bonds. The molecule has 1 aliphatic carbocycles. The van der Waals surface area contributed by atoms with Crippen molar-refractivity contribution >= 4 is 53.9 Å². The van der Waals surface area contributed by atoms with Crippen LogP contribution in [0.3, 0.4) is 0 Å². The van der Waals surface area contributed by atoms with Crippen LogP contribution in [0.15, 0.2) is 182 Å². The normalized spacial score (nSPS) is 13.2. The topological polar surface area (TPSA) is 0 Å². The highest BCUT2D eigenvalue weighted by molar-refractivity contribution is 6.22. The van der Waals surface area contributed by atoms with Gasteiger partial charge in [0.05, 0.1) is 0 Å². The minimum atomic E-state index is -0.0669. The molecule has 0 fully saturated rings. The molecule has 0 aromatic heterocycles. The molecule has 1 aliphatic rings. The fourth-order valence-electron chi connectivity index (χ4n) is 9.48. The minimum Gasteiger partial charge on any atom is -0.0616 e. The maximum Gasteiger partial charge on any atom is 0.0159 e. The van der Waals surface area contributed by atoms with Gasteiger partial charge in [0.2, 0.25) is 0 Å². The first-order valence-electron chi connectivity index (χ1n) is 18.7. The highest BCUT2D eigenvalue weighted by atomic mass is 14.4. The van der Waals surface area contributed by atoms with Gasteiger partial charge in [-0.25, -0.2) is 0 Å². The predicted molar refractivity (Wildman–Crippen MR) is 228 cm³/mol. The molecular formula is C53H36. The van der Waals surface area contributed by atoms with Gasteiger partial charge >= 0.3 is 0 Å². The van der Waals surface area contributed by atoms with Gasteiger partial charge in [-0.1, -0.05) is 166 Å². The van der Waals surface area contributed by atoms with E-state index in [9.17, 15) is 0 Å². The van der Waals surface area contributed by atoms with Crippen LogP contribution in [0.5, 0.6) is 0 Å². The smallest absolute Gasteiger partial charge is 0.0159 e. The van der Waals surface area contributed by atoms with Gasteiger partial charge in [0, 0.05) is 5.41 Å². The van der Waals surface area contributed by atoms with Crippen LogP contribution < -0.4 is 0 Å². The second kappa shape index (κ2) is 11.2. The third-order valence-electron chi connectivity index (χ3n) is 12.0. The lowest BCUT2D eigenvalue weighted by Gasteiger charge is -2.22. The van der Waals surface area contributed by atoms with Gasteiger partial charge < -0.3 is 0 Å². The van der Waals surface area contributed by atoms with E-state index in [2.05, 4.69) is 196 Å². The summed E-state index contributed by atoms with van der Waals surface area (Å²) in [5.74, 6) is 0. The van der Waals surface area contributed by atoms with Gasteiger partial charge in [-0.2, -0.15) is 0 Å². The molecule has 0 saturated heterocycles. The van der Waals surface area contributed by atoms with Gasteiger partial charge in [-0.15, -0.1) is 0 Å². The third kappa shape index (κ3) is 4.42. The van der Waals surface area contributed by atoms with Gasteiger partial charge in [0.15, 0.2) is 0 Å². The maximum absolute atomic E-state index is 2.47. The molecule has 0 radical (unpaired) electrons. The SMILES string of the molecule is CC1(C)c2ccc(-c3c4ccccc4c(-c4cccc(-c5cc6ccccc6c6ccccc56)c4)c4ccccc34)cc2-c2cc3ccccc3cc21. The Balaban J connectivity index is 1.14. The molecule has 10 aromatic rings. The molecule has 0 nitrogen and oxygen atoms in total. The van der Waals surface area contributed by atoms with Gasteiger partial charge in [-0.05, 0) is 140 Å². The molecule has 0 saturated carbocycles. The number of rotatable bonds is 3. The van der Waals surface area contributed by atoms with Gasteiger partial charge in [0.25, 0.3) is 0 Å². The van der Waals surface area contributed by atoms with Crippen molar-refractivity contribution in [2.24, 2.45) is 0 Å². The van der Waals surface area contributed by atoms with Crippen molar-refractivity contribution in [2.45, 2.75) is 19.3 Å². The first-order chi connectivity index (χ1) is 26.0. The van der Waals surface area contributed by atoms with Crippen LogP contribution in [0.25, 0.3) is 98.4 Å². The monoisotopic (exact) mass is 672 g/mol. The van der Waals surface area contributed by atoms with E-state index < -0.39 is 0 Å². The summed E-state index contributed by atoms with van der Waals surface area (Å²) in [5.41, 5.74) is 13.0. The summed E-state index contributed by atoms with van der Waals surface area (Å²) < 4.78 is 0. The Morgan fingerprint density at radius 1 is 0.283 bits per heavy atom. The number of hydrogen-bond donors (Lipinski definition) is 0. The zero-order chi connectivity index (χ0) is 35.3. The van der Waals surface area contributed by atoms with Crippen LogP contribution >= 0.6 is 0 Å². The van der Waals surface area contributed by atoms with E-state index in [1.54, 1.807) is 0 Å². The van der Waals surface area contributed by atoms with Crippen molar-refractivity contribution in [3.05, 3.63) is 193 Å². The van der Waals surface area contributed by atoms with Crippen molar-refractivity contribution < 1.29 is 0 Å². The van der Waals surface area contributed by atoms with Gasteiger partial charge in [-0.3, -0.25) is 0 Å². The molecule has 11 rings (SSSR count). The molecule has 0 unspecified atom stereocenters. The standard InChI is InChI=1S/C53H36/c1-53(2)49-27-26-38(31-47(49)48-29-33-14-3-4-15-34(33)32-50(48)53)52-44-24-11-9-22-42(44)51(43-23-10-12-25-45(43)52)37-18-13-17-35(28-37)46-30-36-16-5-6-19-39(36)40-20-7-8-21-41(40)46/h3-32H,1-2H3. The van der Waals surface area contributed by atoms with Gasteiger partial charge in [0.1, 0.15) is 0 Å². The Kier molecular flexibility index (Phi) is 6.40. The Labute approximate surface area is 309 Å². The summed E-state index contributed by atoms with van der Waals surface area (Å²) in [6, 6.07) is 68.0. The first-order valence-corrected chi connectivity index (χ1v) is 18.7. The van der Waals surface area contributed by atoms with Crippen molar-refractivity contribution in [3.8, 4) is 44.5 Å². The largest absolute Gasteiger partial charge is 0.0616 e. The molecule has 0 spiro atoms. The van der Waals surface area contributed by atoms with Crippen molar-refractivity contribution in [1.82, 2.24) is 0 Å². The molecule has 0 atom stereocenters. The number of fused-ring (bicyclic) bond motifs is 9. The van der Waals surface area contributed by atoms with Crippen LogP contribution in [0.1, 0.15) is 25.0 Å². The minimum absolute atomic E-state index is 0.0669. The Morgan fingerprint density at radius 2 is 0.755 bits per heavy atom. The van der Waals surface area contributed by atoms with Crippen molar-refractivity contribution in [2.75, 3.05) is 0 Å². The van der Waals surface area contributed by atoms with Crippen molar-refractivity contribution in [1.29, 1.82) is 0 Å². The van der Waals surface area contributed by atoms with E-state index in [0.717, 1.165) is 0 Å². The average molecular weight is 673 g/mol. The molecule has 248 valence electrons. The van der Waals surface area contributed by atoms with Crippen LogP contribution in [-0.2, 0) is 5.41 Å². The van der Waals surface area contributed by atoms with E-state index in [1.165, 1.54) is 109 Å². The van der Waals surface area contributed by atoms with Crippen LogP contribution in [0, 0.1) is 0 Å². The summed E-state index contributed by atoms with van der Waals surface area (Å²) in [6.45, 7) is 4.75. The van der Waals surface area contributed by atoms with Crippen LogP contribution in [-0.4, -0.2) is 0 Å². The summed E-state index contributed by atoms with van der Waals surface area (Å²) in [7, 11) is 0. The summed E-state index contributed by atoms with van der Waals surface area (Å²) in [6.07, 6.45) is 0. The molecule has 0 aliphatic heterocycles. The lowest BCUT2D eigenvalue weighted by atomic mass is 9.81. The van der Waals surface area contributed by atoms with Crippen LogP contribution in [0.2, 0.25) is 0 Å². The molecule has 53 heavy (non-hydrogen) atoms. The van der Waals surface area contributed by atoms with Crippen LogP contribution in [0.4, 0.5) is 0 Å². The summed E-state index contributed by atoms with van der Waals surface area (Å²) in [4.78, 5) is 0. The van der Waals surface area contributed by atoms with E-state index in [0.29, 0.717) is 0 Å². The first kappa shape index (κ1) is 30.2. The highest BCUT2D eigenvalue weighted by Gasteiger charge is 2.36. The molecule has 0 heteroatoms. The van der Waals surface area contributed by atoms with E-state index in [1.807, 2.05) is 0 Å². The lowest BCUT2D eigenvalue weighted by Crippen LogP contribution is -2.14. The maximum atomic E-state index is 2.47. The second-order valence-electron chi connectivity index (χ2n) is 15.2. The molecule has 10 aromatic carbocycles. The van der Waals surface area contributed by atoms with Crippen molar-refractivity contribution in [3.63, 3.8) is 0 Å². The second-order valence-corrected chi connectivity index (χ2v) is 15.2.